The van der Waals surface area contributed by atoms with Crippen LogP contribution in [0.25, 0.3) is 0 Å². The third-order valence-corrected chi connectivity index (χ3v) is 2.12. The molecule has 0 spiro atoms. The van der Waals surface area contributed by atoms with Crippen LogP contribution in [-0.2, 0) is 6.61 Å². The molecule has 6 heteroatoms. The van der Waals surface area contributed by atoms with Crippen LogP contribution in [0.4, 0.5) is 10.1 Å². The quantitative estimate of drug-likeness (QED) is 0.644. The Labute approximate surface area is 81.3 Å². The van der Waals surface area contributed by atoms with Gasteiger partial charge in [0.1, 0.15) is 5.82 Å². The number of aliphatic hydroxyl groups excluding tert-OH is 1. The lowest BCUT2D eigenvalue weighted by molar-refractivity contribution is -0.385. The molecule has 70 valence electrons. The number of nitro groups is 1. The zero-order valence-corrected chi connectivity index (χ0v) is 7.91. The minimum atomic E-state index is -0.667. The highest BCUT2D eigenvalue weighted by molar-refractivity contribution is 9.10. The second-order valence-corrected chi connectivity index (χ2v) is 3.16. The zero-order valence-electron chi connectivity index (χ0n) is 6.33. The summed E-state index contributed by atoms with van der Waals surface area (Å²) in [6, 6.07) is 1.96. The van der Waals surface area contributed by atoms with E-state index in [2.05, 4.69) is 15.9 Å². The average Bonchev–Trinajstić information content (AvgIpc) is 2.03. The van der Waals surface area contributed by atoms with Gasteiger partial charge in [0.2, 0.25) is 0 Å². The lowest BCUT2D eigenvalue weighted by atomic mass is 10.2. The van der Waals surface area contributed by atoms with Crippen molar-refractivity contribution >= 4 is 21.6 Å². The molecule has 1 aromatic rings. The minimum Gasteiger partial charge on any atom is -0.392 e. The van der Waals surface area contributed by atoms with E-state index in [1.54, 1.807) is 0 Å². The number of nitrogens with zero attached hydrogens (tertiary/aromatic N) is 1. The summed E-state index contributed by atoms with van der Waals surface area (Å²) in [4.78, 5) is 9.72. The molecule has 1 N–H and O–H groups in total. The first-order valence-electron chi connectivity index (χ1n) is 3.29. The van der Waals surface area contributed by atoms with Gasteiger partial charge in [-0.15, -0.1) is 0 Å². The maximum absolute atomic E-state index is 12.9. The predicted octanol–water partition coefficient (Wildman–Crippen LogP) is 1.99. The van der Waals surface area contributed by atoms with Crippen molar-refractivity contribution in [2.24, 2.45) is 0 Å². The monoisotopic (exact) mass is 249 g/mol. The highest BCUT2D eigenvalue weighted by atomic mass is 79.9. The van der Waals surface area contributed by atoms with Gasteiger partial charge in [0.05, 0.1) is 16.0 Å². The van der Waals surface area contributed by atoms with Crippen LogP contribution in [0.5, 0.6) is 0 Å². The van der Waals surface area contributed by atoms with Crippen molar-refractivity contribution in [2.45, 2.75) is 6.61 Å². The number of benzene rings is 1. The van der Waals surface area contributed by atoms with Crippen LogP contribution in [0.2, 0.25) is 0 Å². The summed E-state index contributed by atoms with van der Waals surface area (Å²) in [7, 11) is 0. The van der Waals surface area contributed by atoms with Gasteiger partial charge < -0.3 is 5.11 Å². The fourth-order valence-electron chi connectivity index (χ4n) is 0.842. The van der Waals surface area contributed by atoms with Crippen molar-refractivity contribution in [1.82, 2.24) is 0 Å². The van der Waals surface area contributed by atoms with Gasteiger partial charge in [0.15, 0.2) is 0 Å². The van der Waals surface area contributed by atoms with E-state index in [4.69, 9.17) is 5.11 Å². The van der Waals surface area contributed by atoms with Gasteiger partial charge in [0, 0.05) is 11.6 Å². The number of hydrogen-bond acceptors (Lipinski definition) is 3. The summed E-state index contributed by atoms with van der Waals surface area (Å²) in [6.45, 7) is -0.556. The number of rotatable bonds is 2. The third-order valence-electron chi connectivity index (χ3n) is 1.48. The molecule has 0 atom stereocenters. The second-order valence-electron chi connectivity index (χ2n) is 2.31. The smallest absolute Gasteiger partial charge is 0.284 e. The summed E-state index contributed by atoms with van der Waals surface area (Å²) in [5.74, 6) is -0.667. The van der Waals surface area contributed by atoms with E-state index in [9.17, 15) is 14.5 Å². The van der Waals surface area contributed by atoms with Crippen molar-refractivity contribution in [2.75, 3.05) is 0 Å². The Morgan fingerprint density at radius 2 is 2.23 bits per heavy atom. The largest absolute Gasteiger partial charge is 0.392 e. The van der Waals surface area contributed by atoms with E-state index >= 15 is 0 Å². The predicted molar refractivity (Wildman–Crippen MR) is 46.7 cm³/mol. The molecule has 13 heavy (non-hydrogen) atoms. The number of aliphatic hydroxyl groups is 1. The van der Waals surface area contributed by atoms with Crippen molar-refractivity contribution in [1.29, 1.82) is 0 Å². The molecule has 1 aromatic carbocycles. The van der Waals surface area contributed by atoms with Gasteiger partial charge in [-0.1, -0.05) is 0 Å². The fourth-order valence-corrected chi connectivity index (χ4v) is 1.30. The number of hydrogen-bond donors (Lipinski definition) is 1. The topological polar surface area (TPSA) is 63.4 Å². The Hall–Kier alpha value is -1.01. The number of halogens is 2. The SMILES string of the molecule is O=[N+]([O-])c1cc(CO)c(F)cc1Br. The highest BCUT2D eigenvalue weighted by Gasteiger charge is 2.15. The first kappa shape index (κ1) is 10.1. The average molecular weight is 250 g/mol. The van der Waals surface area contributed by atoms with Crippen LogP contribution < -0.4 is 0 Å². The van der Waals surface area contributed by atoms with Gasteiger partial charge in [-0.2, -0.15) is 0 Å². The summed E-state index contributed by atoms with van der Waals surface area (Å²) >= 11 is 2.85. The standard InChI is InChI=1S/C7H5BrFNO3/c8-5-2-6(9)4(3-11)1-7(5)10(12)13/h1-2,11H,3H2. The molecule has 0 unspecified atom stereocenters. The van der Waals surface area contributed by atoms with Crippen molar-refractivity contribution in [3.63, 3.8) is 0 Å². The van der Waals surface area contributed by atoms with Crippen LogP contribution in [0.1, 0.15) is 5.56 Å². The third kappa shape index (κ3) is 2.02. The first-order valence-corrected chi connectivity index (χ1v) is 4.08. The Kier molecular flexibility index (Phi) is 2.94. The van der Waals surface area contributed by atoms with Crippen LogP contribution in [-0.4, -0.2) is 10.0 Å². The van der Waals surface area contributed by atoms with E-state index in [0.717, 1.165) is 12.1 Å². The Bertz CT molecular complexity index is 356. The van der Waals surface area contributed by atoms with E-state index in [0.29, 0.717) is 0 Å². The van der Waals surface area contributed by atoms with Crippen molar-refractivity contribution in [3.05, 3.63) is 38.1 Å². The van der Waals surface area contributed by atoms with E-state index < -0.39 is 17.3 Å². The summed E-state index contributed by atoms with van der Waals surface area (Å²) in [5.41, 5.74) is -0.347. The van der Waals surface area contributed by atoms with Crippen molar-refractivity contribution in [3.8, 4) is 0 Å². The lowest BCUT2D eigenvalue weighted by Crippen LogP contribution is -1.95. The molecule has 0 heterocycles. The van der Waals surface area contributed by atoms with Gasteiger partial charge in [-0.05, 0) is 22.0 Å². The Morgan fingerprint density at radius 1 is 1.62 bits per heavy atom. The molecule has 0 bridgehead atoms. The molecule has 0 amide bonds. The van der Waals surface area contributed by atoms with E-state index in [1.807, 2.05) is 0 Å². The molecule has 0 aliphatic heterocycles. The molecule has 1 rings (SSSR count). The summed E-state index contributed by atoms with van der Waals surface area (Å²) in [5, 5.41) is 19.0. The molecule has 0 saturated heterocycles. The Balaban J connectivity index is 3.30. The van der Waals surface area contributed by atoms with Crippen LogP contribution in [0, 0.1) is 15.9 Å². The fraction of sp³-hybridized carbons (Fsp3) is 0.143. The molecule has 4 nitrogen and oxygen atoms in total. The molecular weight excluding hydrogens is 245 g/mol. The molecule has 0 radical (unpaired) electrons. The van der Waals surface area contributed by atoms with Crippen LogP contribution >= 0.6 is 15.9 Å². The Morgan fingerprint density at radius 3 is 2.69 bits per heavy atom. The van der Waals surface area contributed by atoms with E-state index in [1.165, 1.54) is 0 Å². The van der Waals surface area contributed by atoms with Gasteiger partial charge in [0.25, 0.3) is 5.69 Å². The summed E-state index contributed by atoms with van der Waals surface area (Å²) < 4.78 is 12.9. The molecule has 0 aromatic heterocycles. The molecule has 0 fully saturated rings. The van der Waals surface area contributed by atoms with Gasteiger partial charge in [-0.3, -0.25) is 10.1 Å². The molecule has 0 aliphatic rings. The minimum absolute atomic E-state index is 0.0622. The van der Waals surface area contributed by atoms with Crippen molar-refractivity contribution < 1.29 is 14.4 Å². The maximum Gasteiger partial charge on any atom is 0.284 e. The normalized spacial score (nSPS) is 10.1. The van der Waals surface area contributed by atoms with Gasteiger partial charge >= 0.3 is 0 Å². The maximum atomic E-state index is 12.9. The van der Waals surface area contributed by atoms with Crippen LogP contribution in [0.3, 0.4) is 0 Å². The second kappa shape index (κ2) is 3.80. The molecule has 0 saturated carbocycles. The lowest BCUT2D eigenvalue weighted by Gasteiger charge is -2.00. The van der Waals surface area contributed by atoms with E-state index in [-0.39, 0.29) is 15.7 Å². The highest BCUT2D eigenvalue weighted by Crippen LogP contribution is 2.27. The molecular formula is C7H5BrFNO3. The number of nitro benzene ring substituents is 1. The zero-order chi connectivity index (χ0) is 10.0. The first-order chi connectivity index (χ1) is 6.06. The van der Waals surface area contributed by atoms with Crippen LogP contribution in [0.15, 0.2) is 16.6 Å². The molecule has 0 aliphatic carbocycles. The van der Waals surface area contributed by atoms with Gasteiger partial charge in [-0.25, -0.2) is 4.39 Å². The summed E-state index contributed by atoms with van der Waals surface area (Å²) in [6.07, 6.45) is 0.